The van der Waals surface area contributed by atoms with E-state index in [4.69, 9.17) is 0 Å². The van der Waals surface area contributed by atoms with Gasteiger partial charge in [-0.05, 0) is 40.2 Å². The van der Waals surface area contributed by atoms with Crippen LogP contribution in [0.15, 0.2) is 24.3 Å². The Balaban J connectivity index is 2.56. The Morgan fingerprint density at radius 3 is 2.11 bits per heavy atom. The summed E-state index contributed by atoms with van der Waals surface area (Å²) in [4.78, 5) is 11.8. The van der Waals surface area contributed by atoms with Gasteiger partial charge >= 0.3 is 0 Å². The lowest BCUT2D eigenvalue weighted by Crippen LogP contribution is -2.45. The first-order valence-corrected chi connectivity index (χ1v) is 6.53. The molecule has 0 heterocycles. The van der Waals surface area contributed by atoms with Crippen molar-refractivity contribution in [1.82, 2.24) is 10.6 Å². The maximum absolute atomic E-state index is 11.8. The second kappa shape index (κ2) is 6.55. The van der Waals surface area contributed by atoms with Crippen LogP contribution in [0.25, 0.3) is 0 Å². The molecule has 0 fully saturated rings. The zero-order valence-corrected chi connectivity index (χ0v) is 11.9. The number of hydrogen-bond acceptors (Lipinski definition) is 2. The van der Waals surface area contributed by atoms with Crippen molar-refractivity contribution in [2.24, 2.45) is 0 Å². The molecule has 0 saturated carbocycles. The number of nitrogens with one attached hydrogen (secondary N) is 2. The Hall–Kier alpha value is -1.35. The quantitative estimate of drug-likeness (QED) is 0.841. The Labute approximate surface area is 110 Å². The topological polar surface area (TPSA) is 41.1 Å². The normalized spacial score (nSPS) is 14.3. The van der Waals surface area contributed by atoms with Gasteiger partial charge in [-0.15, -0.1) is 0 Å². The van der Waals surface area contributed by atoms with Gasteiger partial charge in [0.1, 0.15) is 0 Å². The van der Waals surface area contributed by atoms with Crippen LogP contribution in [0.3, 0.4) is 0 Å². The van der Waals surface area contributed by atoms with E-state index in [2.05, 4.69) is 48.7 Å². The molecule has 0 spiro atoms. The number of hydrogen-bond donors (Lipinski definition) is 2. The molecule has 2 N–H and O–H groups in total. The Bertz CT molecular complexity index is 384. The predicted molar refractivity (Wildman–Crippen MR) is 75.5 cm³/mol. The number of benzene rings is 1. The summed E-state index contributed by atoms with van der Waals surface area (Å²) >= 11 is 0. The fourth-order valence-corrected chi connectivity index (χ4v) is 1.81. The molecule has 3 nitrogen and oxygen atoms in total. The molecule has 0 aliphatic rings. The molecule has 18 heavy (non-hydrogen) atoms. The van der Waals surface area contributed by atoms with Gasteiger partial charge in [-0.1, -0.05) is 29.8 Å². The first kappa shape index (κ1) is 14.7. The second-order valence-electron chi connectivity index (χ2n) is 5.18. The van der Waals surface area contributed by atoms with E-state index >= 15 is 0 Å². The van der Waals surface area contributed by atoms with Crippen LogP contribution in [0.1, 0.15) is 44.9 Å². The molecule has 0 radical (unpaired) electrons. The van der Waals surface area contributed by atoms with E-state index in [0.717, 1.165) is 0 Å². The van der Waals surface area contributed by atoms with E-state index in [0.29, 0.717) is 0 Å². The number of aryl methyl sites for hydroxylation is 1. The standard InChI is InChI=1S/C15H24N2O/c1-10(2)16-15(18)13(5)17-12(4)14-8-6-11(3)7-9-14/h6-10,12-13,17H,1-5H3,(H,16,18)/t12-,13?/m1/s1. The third-order valence-corrected chi connectivity index (χ3v) is 2.90. The van der Waals surface area contributed by atoms with Crippen molar-refractivity contribution in [3.8, 4) is 0 Å². The minimum Gasteiger partial charge on any atom is -0.353 e. The SMILES string of the molecule is Cc1ccc([C@@H](C)NC(C)C(=O)NC(C)C)cc1. The maximum Gasteiger partial charge on any atom is 0.237 e. The Kier molecular flexibility index (Phi) is 5.35. The lowest BCUT2D eigenvalue weighted by molar-refractivity contribution is -0.123. The number of carbonyl (C=O) groups is 1. The summed E-state index contributed by atoms with van der Waals surface area (Å²) in [6.45, 7) is 9.97. The first-order chi connectivity index (χ1) is 8.40. The zero-order chi connectivity index (χ0) is 13.7. The summed E-state index contributed by atoms with van der Waals surface area (Å²) in [5.74, 6) is 0.0453. The van der Waals surface area contributed by atoms with Crippen molar-refractivity contribution < 1.29 is 4.79 Å². The molecule has 1 rings (SSSR count). The van der Waals surface area contributed by atoms with Gasteiger partial charge in [-0.3, -0.25) is 10.1 Å². The molecular weight excluding hydrogens is 224 g/mol. The summed E-state index contributed by atoms with van der Waals surface area (Å²) in [7, 11) is 0. The third kappa shape index (κ3) is 4.49. The van der Waals surface area contributed by atoms with Crippen molar-refractivity contribution >= 4 is 5.91 Å². The molecule has 3 heteroatoms. The highest BCUT2D eigenvalue weighted by atomic mass is 16.2. The van der Waals surface area contributed by atoms with E-state index in [-0.39, 0.29) is 24.0 Å². The van der Waals surface area contributed by atoms with E-state index in [1.807, 2.05) is 20.8 Å². The van der Waals surface area contributed by atoms with Crippen LogP contribution in [-0.4, -0.2) is 18.0 Å². The molecule has 0 aliphatic carbocycles. The summed E-state index contributed by atoms with van der Waals surface area (Å²) in [5, 5.41) is 6.22. The average molecular weight is 248 g/mol. The Morgan fingerprint density at radius 2 is 1.61 bits per heavy atom. The Morgan fingerprint density at radius 1 is 1.06 bits per heavy atom. The molecule has 100 valence electrons. The van der Waals surface area contributed by atoms with Gasteiger partial charge in [0.05, 0.1) is 6.04 Å². The molecule has 0 aliphatic heterocycles. The van der Waals surface area contributed by atoms with Crippen molar-refractivity contribution in [3.05, 3.63) is 35.4 Å². The highest BCUT2D eigenvalue weighted by Crippen LogP contribution is 2.13. The maximum atomic E-state index is 11.8. The number of amides is 1. The third-order valence-electron chi connectivity index (χ3n) is 2.90. The smallest absolute Gasteiger partial charge is 0.237 e. The minimum absolute atomic E-state index is 0.0453. The fourth-order valence-electron chi connectivity index (χ4n) is 1.81. The molecule has 1 amide bonds. The number of carbonyl (C=O) groups excluding carboxylic acids is 1. The van der Waals surface area contributed by atoms with Gasteiger partial charge in [0.2, 0.25) is 5.91 Å². The highest BCUT2D eigenvalue weighted by Gasteiger charge is 2.16. The first-order valence-electron chi connectivity index (χ1n) is 6.53. The second-order valence-corrected chi connectivity index (χ2v) is 5.18. The van der Waals surface area contributed by atoms with Crippen molar-refractivity contribution in [1.29, 1.82) is 0 Å². The van der Waals surface area contributed by atoms with Gasteiger partial charge in [-0.2, -0.15) is 0 Å². The summed E-state index contributed by atoms with van der Waals surface area (Å²) in [6.07, 6.45) is 0. The van der Waals surface area contributed by atoms with Crippen LogP contribution in [0.5, 0.6) is 0 Å². The molecule has 1 aromatic carbocycles. The van der Waals surface area contributed by atoms with Crippen LogP contribution in [0.2, 0.25) is 0 Å². The monoisotopic (exact) mass is 248 g/mol. The van der Waals surface area contributed by atoms with Gasteiger partial charge in [0, 0.05) is 12.1 Å². The summed E-state index contributed by atoms with van der Waals surface area (Å²) < 4.78 is 0. The lowest BCUT2D eigenvalue weighted by Gasteiger charge is -2.21. The highest BCUT2D eigenvalue weighted by molar-refractivity contribution is 5.81. The largest absolute Gasteiger partial charge is 0.353 e. The van der Waals surface area contributed by atoms with Gasteiger partial charge in [0.25, 0.3) is 0 Å². The molecule has 0 saturated heterocycles. The van der Waals surface area contributed by atoms with E-state index in [1.165, 1.54) is 11.1 Å². The molecule has 1 unspecified atom stereocenters. The number of rotatable bonds is 5. The average Bonchev–Trinajstić information content (AvgIpc) is 2.28. The van der Waals surface area contributed by atoms with E-state index in [9.17, 15) is 4.79 Å². The van der Waals surface area contributed by atoms with E-state index in [1.54, 1.807) is 0 Å². The lowest BCUT2D eigenvalue weighted by atomic mass is 10.1. The fraction of sp³-hybridized carbons (Fsp3) is 0.533. The van der Waals surface area contributed by atoms with Crippen LogP contribution in [0, 0.1) is 6.92 Å². The van der Waals surface area contributed by atoms with Gasteiger partial charge in [0.15, 0.2) is 0 Å². The molecule has 2 atom stereocenters. The zero-order valence-electron chi connectivity index (χ0n) is 11.9. The molecule has 0 bridgehead atoms. The van der Waals surface area contributed by atoms with Crippen molar-refractivity contribution in [2.75, 3.05) is 0 Å². The minimum atomic E-state index is -0.191. The van der Waals surface area contributed by atoms with Crippen molar-refractivity contribution in [3.63, 3.8) is 0 Å². The van der Waals surface area contributed by atoms with Crippen LogP contribution < -0.4 is 10.6 Å². The van der Waals surface area contributed by atoms with Crippen LogP contribution in [-0.2, 0) is 4.79 Å². The molecule has 0 aromatic heterocycles. The van der Waals surface area contributed by atoms with Crippen LogP contribution >= 0.6 is 0 Å². The molecular formula is C15H24N2O. The van der Waals surface area contributed by atoms with Gasteiger partial charge < -0.3 is 5.32 Å². The summed E-state index contributed by atoms with van der Waals surface area (Å²) in [6, 6.07) is 8.53. The van der Waals surface area contributed by atoms with Crippen molar-refractivity contribution in [2.45, 2.75) is 52.7 Å². The molecule has 1 aromatic rings. The van der Waals surface area contributed by atoms with E-state index < -0.39 is 0 Å². The van der Waals surface area contributed by atoms with Gasteiger partial charge in [-0.25, -0.2) is 0 Å². The van der Waals surface area contributed by atoms with Crippen LogP contribution in [0.4, 0.5) is 0 Å². The summed E-state index contributed by atoms with van der Waals surface area (Å²) in [5.41, 5.74) is 2.45. The predicted octanol–water partition coefficient (Wildman–Crippen LogP) is 2.56.